The Morgan fingerprint density at radius 3 is 2.04 bits per heavy atom. The third-order valence-corrected chi connectivity index (χ3v) is 3.10. The Kier molecular flexibility index (Phi) is 5.34. The van der Waals surface area contributed by atoms with Crippen LogP contribution in [0, 0.1) is 0 Å². The molecule has 0 aliphatic carbocycles. The van der Waals surface area contributed by atoms with E-state index in [1.807, 2.05) is 81.4 Å². The van der Waals surface area contributed by atoms with E-state index in [9.17, 15) is 4.79 Å². The number of rotatable bonds is 2. The van der Waals surface area contributed by atoms with Gasteiger partial charge in [-0.15, -0.1) is 0 Å². The number of nitrogens with one attached hydrogen (secondary N) is 1. The Morgan fingerprint density at radius 1 is 1.00 bits per heavy atom. The summed E-state index contributed by atoms with van der Waals surface area (Å²) < 4.78 is 5.47. The first-order valence-corrected chi connectivity index (χ1v) is 7.72. The predicted molar refractivity (Wildman–Crippen MR) is 97.8 cm³/mol. The van der Waals surface area contributed by atoms with Crippen molar-refractivity contribution in [1.29, 1.82) is 0 Å². The molecule has 4 nitrogen and oxygen atoms in total. The van der Waals surface area contributed by atoms with Gasteiger partial charge < -0.3 is 10.1 Å². The van der Waals surface area contributed by atoms with Gasteiger partial charge in [-0.05, 0) is 57.3 Å². The largest absolute Gasteiger partial charge is 0.443 e. The molecule has 0 heterocycles. The van der Waals surface area contributed by atoms with Gasteiger partial charge in [-0.2, -0.15) is 0 Å². The highest BCUT2D eigenvalue weighted by Crippen LogP contribution is 2.20. The van der Waals surface area contributed by atoms with E-state index in [4.69, 9.17) is 17.0 Å². The Hall–Kier alpha value is -2.40. The molecule has 2 rings (SSSR count). The summed E-state index contributed by atoms with van der Waals surface area (Å²) in [6.45, 7) is 5.46. The van der Waals surface area contributed by atoms with Gasteiger partial charge in [0.05, 0.1) is 5.69 Å². The number of amides is 1. The van der Waals surface area contributed by atoms with Gasteiger partial charge in [0.15, 0.2) is 5.11 Å². The molecule has 0 atom stereocenters. The lowest BCUT2D eigenvalue weighted by molar-refractivity contribution is 0.0604. The van der Waals surface area contributed by atoms with Crippen LogP contribution in [0.2, 0.25) is 0 Å². The molecule has 2 aromatic rings. The molecule has 0 aliphatic heterocycles. The number of anilines is 2. The average molecular weight is 328 g/mol. The number of hydrogen-bond donors (Lipinski definition) is 1. The molecular formula is C18H20N2O2S. The van der Waals surface area contributed by atoms with Crippen molar-refractivity contribution in [3.63, 3.8) is 0 Å². The monoisotopic (exact) mass is 328 g/mol. The molecule has 1 N–H and O–H groups in total. The fourth-order valence-corrected chi connectivity index (χ4v) is 2.19. The minimum absolute atomic E-state index is 0.261. The van der Waals surface area contributed by atoms with Crippen LogP contribution in [0.15, 0.2) is 60.7 Å². The van der Waals surface area contributed by atoms with E-state index in [0.717, 1.165) is 5.69 Å². The summed E-state index contributed by atoms with van der Waals surface area (Å²) in [5.41, 5.74) is 0.851. The van der Waals surface area contributed by atoms with Crippen molar-refractivity contribution in [3.8, 4) is 0 Å². The topological polar surface area (TPSA) is 41.6 Å². The second-order valence-corrected chi connectivity index (χ2v) is 6.33. The van der Waals surface area contributed by atoms with Crippen LogP contribution in [0.25, 0.3) is 0 Å². The van der Waals surface area contributed by atoms with Crippen molar-refractivity contribution in [3.05, 3.63) is 60.7 Å². The van der Waals surface area contributed by atoms with Crippen molar-refractivity contribution in [2.24, 2.45) is 0 Å². The zero-order valence-electron chi connectivity index (χ0n) is 13.4. The van der Waals surface area contributed by atoms with Crippen LogP contribution in [-0.2, 0) is 4.74 Å². The maximum Gasteiger partial charge on any atom is 0.421 e. The van der Waals surface area contributed by atoms with Crippen LogP contribution in [0.3, 0.4) is 0 Å². The molecule has 2 aromatic carbocycles. The molecule has 120 valence electrons. The van der Waals surface area contributed by atoms with Gasteiger partial charge in [0.1, 0.15) is 5.60 Å². The van der Waals surface area contributed by atoms with Crippen molar-refractivity contribution in [1.82, 2.24) is 0 Å². The molecular weight excluding hydrogens is 308 g/mol. The predicted octanol–water partition coefficient (Wildman–Crippen LogP) is 4.83. The van der Waals surface area contributed by atoms with Crippen molar-refractivity contribution in [2.75, 3.05) is 10.2 Å². The van der Waals surface area contributed by atoms with Crippen LogP contribution in [0.5, 0.6) is 0 Å². The summed E-state index contributed by atoms with van der Waals surface area (Å²) in [5.74, 6) is 0. The van der Waals surface area contributed by atoms with Gasteiger partial charge in [0.25, 0.3) is 0 Å². The standard InChI is InChI=1S/C18H20N2O2S/c1-18(2,3)22-17(21)20(15-12-8-5-9-13-15)16(23)19-14-10-6-4-7-11-14/h4-13H,1-3H3,(H,19,23). The van der Waals surface area contributed by atoms with Gasteiger partial charge in [0, 0.05) is 5.69 Å². The number of benzene rings is 2. The number of carbonyl (C=O) groups is 1. The first-order valence-electron chi connectivity index (χ1n) is 7.31. The van der Waals surface area contributed by atoms with Crippen LogP contribution >= 0.6 is 12.2 Å². The van der Waals surface area contributed by atoms with E-state index in [1.54, 1.807) is 0 Å². The molecule has 0 fully saturated rings. The number of ether oxygens (including phenoxy) is 1. The summed E-state index contributed by atoms with van der Waals surface area (Å²) in [7, 11) is 0. The minimum atomic E-state index is -0.605. The lowest BCUT2D eigenvalue weighted by atomic mass is 10.2. The third kappa shape index (κ3) is 5.07. The lowest BCUT2D eigenvalue weighted by Gasteiger charge is -2.28. The highest BCUT2D eigenvalue weighted by atomic mass is 32.1. The average Bonchev–Trinajstić information content (AvgIpc) is 2.47. The zero-order chi connectivity index (χ0) is 16.9. The Bertz CT molecular complexity index is 666. The Balaban J connectivity index is 2.26. The van der Waals surface area contributed by atoms with Crippen molar-refractivity contribution in [2.45, 2.75) is 26.4 Å². The molecule has 0 aromatic heterocycles. The van der Waals surface area contributed by atoms with Crippen LogP contribution < -0.4 is 10.2 Å². The molecule has 0 unspecified atom stereocenters. The van der Waals surface area contributed by atoms with E-state index < -0.39 is 11.7 Å². The van der Waals surface area contributed by atoms with E-state index in [1.165, 1.54) is 4.90 Å². The Labute approximate surface area is 142 Å². The molecule has 0 aliphatic rings. The smallest absolute Gasteiger partial charge is 0.421 e. The fraction of sp³-hybridized carbons (Fsp3) is 0.222. The summed E-state index contributed by atoms with van der Waals surface area (Å²) in [6.07, 6.45) is -0.517. The van der Waals surface area contributed by atoms with E-state index in [0.29, 0.717) is 5.69 Å². The SMILES string of the molecule is CC(C)(C)OC(=O)N(C(=S)Nc1ccccc1)c1ccccc1. The van der Waals surface area contributed by atoms with Gasteiger partial charge >= 0.3 is 6.09 Å². The van der Waals surface area contributed by atoms with Crippen molar-refractivity contribution >= 4 is 34.8 Å². The number of hydrogen-bond acceptors (Lipinski definition) is 3. The molecule has 0 saturated heterocycles. The first-order chi connectivity index (χ1) is 10.9. The van der Waals surface area contributed by atoms with Crippen LogP contribution in [0.4, 0.5) is 16.2 Å². The summed E-state index contributed by atoms with van der Waals surface area (Å²) in [5, 5.41) is 3.32. The highest BCUT2D eigenvalue weighted by Gasteiger charge is 2.26. The number of nitrogens with zero attached hydrogens (tertiary/aromatic N) is 1. The summed E-state index contributed by atoms with van der Waals surface area (Å²) in [4.78, 5) is 13.9. The maximum atomic E-state index is 12.6. The normalized spacial score (nSPS) is 10.7. The van der Waals surface area contributed by atoms with Crippen molar-refractivity contribution < 1.29 is 9.53 Å². The number of thiocarbonyl (C=S) groups is 1. The molecule has 0 spiro atoms. The van der Waals surface area contributed by atoms with Crippen LogP contribution in [-0.4, -0.2) is 16.8 Å². The number of carbonyl (C=O) groups excluding carboxylic acids is 1. The number of para-hydroxylation sites is 2. The quantitative estimate of drug-likeness (QED) is 0.802. The first kappa shape index (κ1) is 17.0. The molecule has 0 bridgehead atoms. The highest BCUT2D eigenvalue weighted by molar-refractivity contribution is 7.80. The molecule has 0 radical (unpaired) electrons. The second kappa shape index (κ2) is 7.24. The lowest BCUT2D eigenvalue weighted by Crippen LogP contribution is -2.43. The van der Waals surface area contributed by atoms with E-state index in [2.05, 4.69) is 5.32 Å². The van der Waals surface area contributed by atoms with E-state index in [-0.39, 0.29) is 5.11 Å². The van der Waals surface area contributed by atoms with Gasteiger partial charge in [0.2, 0.25) is 0 Å². The Morgan fingerprint density at radius 2 is 1.52 bits per heavy atom. The molecule has 0 saturated carbocycles. The molecule has 23 heavy (non-hydrogen) atoms. The molecule has 5 heteroatoms. The summed E-state index contributed by atoms with van der Waals surface area (Å²) >= 11 is 5.42. The second-order valence-electron chi connectivity index (χ2n) is 5.95. The van der Waals surface area contributed by atoms with Gasteiger partial charge in [-0.3, -0.25) is 0 Å². The van der Waals surface area contributed by atoms with Gasteiger partial charge in [-0.1, -0.05) is 36.4 Å². The van der Waals surface area contributed by atoms with E-state index >= 15 is 0 Å². The zero-order valence-corrected chi connectivity index (χ0v) is 14.3. The third-order valence-electron chi connectivity index (χ3n) is 2.82. The summed E-state index contributed by atoms with van der Waals surface area (Å²) in [6, 6.07) is 18.6. The molecule has 1 amide bonds. The van der Waals surface area contributed by atoms with Crippen LogP contribution in [0.1, 0.15) is 20.8 Å². The maximum absolute atomic E-state index is 12.6. The van der Waals surface area contributed by atoms with Gasteiger partial charge in [-0.25, -0.2) is 9.69 Å². The minimum Gasteiger partial charge on any atom is -0.443 e. The fourth-order valence-electron chi connectivity index (χ4n) is 1.89.